The molecule has 1 atom stereocenters. The summed E-state index contributed by atoms with van der Waals surface area (Å²) in [5.74, 6) is -0.407. The summed E-state index contributed by atoms with van der Waals surface area (Å²) in [6, 6.07) is 12.2. The number of hydrogen-bond acceptors (Lipinski definition) is 4. The molecule has 1 saturated heterocycles. The molecular weight excluding hydrogens is 450 g/mol. The Balaban J connectivity index is 2.04. The van der Waals surface area contributed by atoms with Gasteiger partial charge in [-0.3, -0.25) is 14.5 Å². The first kappa shape index (κ1) is 25.9. The van der Waals surface area contributed by atoms with Crippen LogP contribution in [0.1, 0.15) is 43.9 Å². The van der Waals surface area contributed by atoms with E-state index in [0.29, 0.717) is 18.2 Å². The van der Waals surface area contributed by atoms with Gasteiger partial charge < -0.3 is 5.32 Å². The van der Waals surface area contributed by atoms with Crippen LogP contribution in [0, 0.1) is 26.7 Å². The number of nitrogens with zero attached hydrogens (tertiary/aromatic N) is 2. The second-order valence-electron chi connectivity index (χ2n) is 9.82. The van der Waals surface area contributed by atoms with E-state index in [1.807, 2.05) is 39.0 Å². The van der Waals surface area contributed by atoms with E-state index in [2.05, 4.69) is 19.2 Å². The monoisotopic (exact) mass is 485 g/mol. The van der Waals surface area contributed by atoms with Crippen molar-refractivity contribution in [1.29, 1.82) is 0 Å². The third kappa shape index (κ3) is 5.18. The number of rotatable bonds is 7. The quantitative estimate of drug-likeness (QED) is 0.650. The Hall–Kier alpha value is -2.71. The smallest absolute Gasteiger partial charge is 0.247 e. The molecule has 0 radical (unpaired) electrons. The van der Waals surface area contributed by atoms with Crippen LogP contribution in [0.2, 0.25) is 0 Å². The molecule has 0 saturated carbocycles. The molecule has 1 heterocycles. The molecule has 8 heteroatoms. The first-order valence-corrected chi connectivity index (χ1v) is 13.1. The molecule has 0 aliphatic carbocycles. The van der Waals surface area contributed by atoms with Crippen LogP contribution in [-0.4, -0.2) is 49.7 Å². The van der Waals surface area contributed by atoms with Gasteiger partial charge in [0.25, 0.3) is 0 Å². The molecule has 2 aromatic rings. The lowest BCUT2D eigenvalue weighted by molar-refractivity contribution is -0.132. The summed E-state index contributed by atoms with van der Waals surface area (Å²) in [5, 5.41) is 2.94. The van der Waals surface area contributed by atoms with E-state index in [0.717, 1.165) is 27.4 Å². The molecular formula is C26H35N3O4S. The van der Waals surface area contributed by atoms with Gasteiger partial charge in [-0.25, -0.2) is 8.42 Å². The number of hydrogen-bond donors (Lipinski definition) is 1. The van der Waals surface area contributed by atoms with Gasteiger partial charge >= 0.3 is 0 Å². The molecule has 2 aromatic carbocycles. The van der Waals surface area contributed by atoms with Gasteiger partial charge in [0.1, 0.15) is 5.54 Å². The van der Waals surface area contributed by atoms with Crippen molar-refractivity contribution in [3.05, 3.63) is 59.2 Å². The van der Waals surface area contributed by atoms with Gasteiger partial charge in [0.05, 0.1) is 11.4 Å². The number of aryl methyl sites for hydroxylation is 3. The number of sulfonamides is 1. The maximum absolute atomic E-state index is 13.5. The van der Waals surface area contributed by atoms with Crippen LogP contribution in [0.5, 0.6) is 0 Å². The Kier molecular flexibility index (Phi) is 7.53. The number of benzene rings is 2. The van der Waals surface area contributed by atoms with Crippen LogP contribution < -0.4 is 10.2 Å². The van der Waals surface area contributed by atoms with E-state index in [4.69, 9.17) is 0 Å². The van der Waals surface area contributed by atoms with Crippen LogP contribution in [-0.2, 0) is 19.6 Å². The largest absolute Gasteiger partial charge is 0.354 e. The maximum Gasteiger partial charge on any atom is 0.247 e. The van der Waals surface area contributed by atoms with Gasteiger partial charge in [-0.1, -0.05) is 49.2 Å². The lowest BCUT2D eigenvalue weighted by Crippen LogP contribution is -2.70. The average molecular weight is 486 g/mol. The molecule has 1 N–H and O–H groups in total. The molecule has 0 aromatic heterocycles. The molecule has 1 aliphatic heterocycles. The van der Waals surface area contributed by atoms with Crippen LogP contribution >= 0.6 is 0 Å². The standard InChI is InChI=1S/C26H35N3O4S/c1-18(2)13-14-27-25(31)26(6)17-28(34(32,33)22-10-7-19(3)8-11-22)16-24(30)29(26)23-12-9-20(4)15-21(23)5/h7-12,15,18H,13-14,16-17H2,1-6H3,(H,27,31)/t26-/m0/s1. The summed E-state index contributed by atoms with van der Waals surface area (Å²) in [6.45, 7) is 11.5. The Morgan fingerprint density at radius 2 is 1.68 bits per heavy atom. The molecule has 184 valence electrons. The van der Waals surface area contributed by atoms with Crippen LogP contribution in [0.25, 0.3) is 0 Å². The summed E-state index contributed by atoms with van der Waals surface area (Å²) in [4.78, 5) is 28.6. The van der Waals surface area contributed by atoms with Crippen molar-refractivity contribution >= 4 is 27.5 Å². The second kappa shape index (κ2) is 9.88. The predicted octanol–water partition coefficient (Wildman–Crippen LogP) is 3.57. The first-order chi connectivity index (χ1) is 15.9. The Bertz CT molecular complexity index is 1180. The summed E-state index contributed by atoms with van der Waals surface area (Å²) in [7, 11) is -3.97. The summed E-state index contributed by atoms with van der Waals surface area (Å²) in [6.07, 6.45) is 0.782. The number of carbonyl (C=O) groups is 2. The van der Waals surface area contributed by atoms with Gasteiger partial charge in [0.15, 0.2) is 0 Å². The van der Waals surface area contributed by atoms with E-state index in [-0.39, 0.29) is 23.9 Å². The number of anilines is 1. The van der Waals surface area contributed by atoms with Crippen LogP contribution in [0.3, 0.4) is 0 Å². The first-order valence-electron chi connectivity index (χ1n) is 11.6. The van der Waals surface area contributed by atoms with Gasteiger partial charge in [-0.05, 0) is 63.8 Å². The minimum Gasteiger partial charge on any atom is -0.354 e. The van der Waals surface area contributed by atoms with E-state index >= 15 is 0 Å². The van der Waals surface area contributed by atoms with E-state index in [1.165, 1.54) is 17.0 Å². The molecule has 34 heavy (non-hydrogen) atoms. The third-order valence-corrected chi connectivity index (χ3v) is 8.09. The lowest BCUT2D eigenvalue weighted by Gasteiger charge is -2.47. The van der Waals surface area contributed by atoms with E-state index in [1.54, 1.807) is 19.1 Å². The topological polar surface area (TPSA) is 86.8 Å². The Labute approximate surface area is 203 Å². The highest BCUT2D eigenvalue weighted by molar-refractivity contribution is 7.89. The third-order valence-electron chi connectivity index (χ3n) is 6.29. The molecule has 0 spiro atoms. The predicted molar refractivity (Wildman–Crippen MR) is 134 cm³/mol. The number of carbonyl (C=O) groups excluding carboxylic acids is 2. The van der Waals surface area contributed by atoms with E-state index in [9.17, 15) is 18.0 Å². The van der Waals surface area contributed by atoms with Crippen molar-refractivity contribution in [2.24, 2.45) is 5.92 Å². The van der Waals surface area contributed by atoms with Gasteiger partial charge in [-0.15, -0.1) is 0 Å². The molecule has 1 aliphatic rings. The van der Waals surface area contributed by atoms with Gasteiger partial charge in [0, 0.05) is 18.8 Å². The summed E-state index contributed by atoms with van der Waals surface area (Å²) in [5.41, 5.74) is 2.03. The zero-order valence-electron chi connectivity index (χ0n) is 20.9. The zero-order chi connectivity index (χ0) is 25.3. The summed E-state index contributed by atoms with van der Waals surface area (Å²) < 4.78 is 28.0. The van der Waals surface area contributed by atoms with Crippen LogP contribution in [0.4, 0.5) is 5.69 Å². The highest BCUT2D eigenvalue weighted by atomic mass is 32.2. The van der Waals surface area contributed by atoms with Gasteiger partial charge in [0.2, 0.25) is 21.8 Å². The minimum absolute atomic E-state index is 0.105. The Morgan fingerprint density at radius 3 is 2.26 bits per heavy atom. The molecule has 7 nitrogen and oxygen atoms in total. The summed E-state index contributed by atoms with van der Waals surface area (Å²) >= 11 is 0. The van der Waals surface area contributed by atoms with Gasteiger partial charge in [-0.2, -0.15) is 4.31 Å². The van der Waals surface area contributed by atoms with Crippen molar-refractivity contribution in [3.63, 3.8) is 0 Å². The number of piperazine rings is 1. The number of nitrogens with one attached hydrogen (secondary N) is 1. The fraction of sp³-hybridized carbons (Fsp3) is 0.462. The van der Waals surface area contributed by atoms with Crippen molar-refractivity contribution < 1.29 is 18.0 Å². The fourth-order valence-corrected chi connectivity index (χ4v) is 5.77. The zero-order valence-corrected chi connectivity index (χ0v) is 21.7. The molecule has 3 rings (SSSR count). The highest BCUT2D eigenvalue weighted by Gasteiger charge is 2.51. The highest BCUT2D eigenvalue weighted by Crippen LogP contribution is 2.34. The normalized spacial score (nSPS) is 19.5. The molecule has 2 amide bonds. The molecule has 1 fully saturated rings. The molecule has 0 unspecified atom stereocenters. The lowest BCUT2D eigenvalue weighted by atomic mass is 9.93. The van der Waals surface area contributed by atoms with Crippen molar-refractivity contribution in [1.82, 2.24) is 9.62 Å². The minimum atomic E-state index is -3.97. The second-order valence-corrected chi connectivity index (χ2v) is 11.8. The van der Waals surface area contributed by atoms with E-state index < -0.39 is 21.5 Å². The Morgan fingerprint density at radius 1 is 1.06 bits per heavy atom. The molecule has 0 bridgehead atoms. The maximum atomic E-state index is 13.5. The fourth-order valence-electron chi connectivity index (χ4n) is 4.29. The van der Waals surface area contributed by atoms with Crippen molar-refractivity contribution in [2.75, 3.05) is 24.5 Å². The van der Waals surface area contributed by atoms with Crippen molar-refractivity contribution in [2.45, 2.75) is 58.4 Å². The average Bonchev–Trinajstić information content (AvgIpc) is 2.74. The SMILES string of the molecule is Cc1ccc(S(=O)(=O)N2CC(=O)N(c3ccc(C)cc3C)[C@](C)(C(=O)NCCC(C)C)C2)cc1. The van der Waals surface area contributed by atoms with Crippen LogP contribution in [0.15, 0.2) is 47.4 Å². The number of amides is 2. The van der Waals surface area contributed by atoms with Crippen molar-refractivity contribution in [3.8, 4) is 0 Å².